The molecule has 1 saturated heterocycles. The largest absolute Gasteiger partial charge is 0.544 e. The third kappa shape index (κ3) is 4.51. The van der Waals surface area contributed by atoms with Crippen LogP contribution < -0.4 is 0 Å². The first-order chi connectivity index (χ1) is 9.03. The number of nitrogens with zero attached hydrogens (tertiary/aromatic N) is 1. The van der Waals surface area contributed by atoms with Crippen molar-refractivity contribution in [2.24, 2.45) is 0 Å². The number of allylic oxidation sites excluding steroid dienone is 1. The van der Waals surface area contributed by atoms with Crippen molar-refractivity contribution in [3.8, 4) is 0 Å². The van der Waals surface area contributed by atoms with E-state index < -0.39 is 8.32 Å². The van der Waals surface area contributed by atoms with Gasteiger partial charge in [0.1, 0.15) is 0 Å². The highest BCUT2D eigenvalue weighted by molar-refractivity contribution is 6.74. The minimum atomic E-state index is -1.79. The van der Waals surface area contributed by atoms with Crippen molar-refractivity contribution in [2.75, 3.05) is 13.1 Å². The number of hydrogen-bond donors (Lipinski definition) is 0. The van der Waals surface area contributed by atoms with E-state index in [0.717, 1.165) is 31.7 Å². The van der Waals surface area contributed by atoms with Crippen LogP contribution in [0.15, 0.2) is 24.0 Å². The molecule has 20 heavy (non-hydrogen) atoms. The summed E-state index contributed by atoms with van der Waals surface area (Å²) in [6.45, 7) is 18.5. The van der Waals surface area contributed by atoms with Crippen molar-refractivity contribution in [1.82, 2.24) is 4.90 Å². The van der Waals surface area contributed by atoms with Crippen molar-refractivity contribution in [3.63, 3.8) is 0 Å². The summed E-state index contributed by atoms with van der Waals surface area (Å²) >= 11 is 0. The second kappa shape index (κ2) is 6.16. The van der Waals surface area contributed by atoms with Crippen LogP contribution in [0.3, 0.4) is 0 Å². The molecule has 3 nitrogen and oxygen atoms in total. The molecule has 0 unspecified atom stereocenters. The predicted molar refractivity (Wildman–Crippen MR) is 87.0 cm³/mol. The lowest BCUT2D eigenvalue weighted by molar-refractivity contribution is -0.129. The quantitative estimate of drug-likeness (QED) is 0.580. The number of carbonyl (C=O) groups excluding carboxylic acids is 1. The van der Waals surface area contributed by atoms with Crippen LogP contribution in [0.5, 0.6) is 0 Å². The van der Waals surface area contributed by atoms with E-state index in [1.54, 1.807) is 6.92 Å². The lowest BCUT2D eigenvalue weighted by Crippen LogP contribution is -2.40. The molecule has 114 valence electrons. The van der Waals surface area contributed by atoms with Crippen molar-refractivity contribution < 1.29 is 9.22 Å². The molecule has 0 aliphatic carbocycles. The minimum Gasteiger partial charge on any atom is -0.544 e. The summed E-state index contributed by atoms with van der Waals surface area (Å²) in [5.41, 5.74) is 1.34. The second-order valence-electron chi connectivity index (χ2n) is 7.14. The van der Waals surface area contributed by atoms with E-state index in [4.69, 9.17) is 4.43 Å². The molecule has 1 amide bonds. The molecule has 0 aromatic carbocycles. The van der Waals surface area contributed by atoms with Gasteiger partial charge in [0.2, 0.25) is 14.2 Å². The zero-order valence-corrected chi connectivity index (χ0v) is 14.9. The number of hydrogen-bond acceptors (Lipinski definition) is 2. The Morgan fingerprint density at radius 2 is 1.80 bits per heavy atom. The van der Waals surface area contributed by atoms with Crippen molar-refractivity contribution in [1.29, 1.82) is 0 Å². The topological polar surface area (TPSA) is 29.5 Å². The fourth-order valence-corrected chi connectivity index (χ4v) is 3.01. The zero-order chi connectivity index (χ0) is 15.6. The Morgan fingerprint density at radius 1 is 1.30 bits per heavy atom. The number of carbonyl (C=O) groups is 1. The SMILES string of the molecule is C=C(C=C1CCN(C(C)=O)CC1)O[Si](C)(C)C(C)(C)C. The average molecular weight is 295 g/mol. The second-order valence-corrected chi connectivity index (χ2v) is 11.9. The van der Waals surface area contributed by atoms with E-state index in [2.05, 4.69) is 46.5 Å². The molecular weight excluding hydrogens is 266 g/mol. The van der Waals surface area contributed by atoms with E-state index >= 15 is 0 Å². The summed E-state index contributed by atoms with van der Waals surface area (Å²) in [4.78, 5) is 13.2. The van der Waals surface area contributed by atoms with E-state index in [0.29, 0.717) is 0 Å². The molecule has 1 rings (SSSR count). The summed E-state index contributed by atoms with van der Waals surface area (Å²) in [7, 11) is -1.79. The maximum absolute atomic E-state index is 11.3. The lowest BCUT2D eigenvalue weighted by atomic mass is 10.0. The Labute approximate surface area is 124 Å². The first-order valence-electron chi connectivity index (χ1n) is 7.36. The van der Waals surface area contributed by atoms with Gasteiger partial charge in [-0.1, -0.05) is 32.9 Å². The molecule has 0 spiro atoms. The Bertz CT molecular complexity index is 409. The summed E-state index contributed by atoms with van der Waals surface area (Å²) in [6.07, 6.45) is 3.94. The van der Waals surface area contributed by atoms with E-state index in [9.17, 15) is 4.79 Å². The molecule has 0 bridgehead atoms. The molecule has 1 fully saturated rings. The van der Waals surface area contributed by atoms with Gasteiger partial charge in [0, 0.05) is 20.0 Å². The van der Waals surface area contributed by atoms with Gasteiger partial charge in [0.05, 0.1) is 5.76 Å². The average Bonchev–Trinajstić information content (AvgIpc) is 2.27. The van der Waals surface area contributed by atoms with Gasteiger partial charge in [0.15, 0.2) is 0 Å². The molecule has 0 radical (unpaired) electrons. The standard InChI is InChI=1S/C16H29NO2Si/c1-13(19-20(6,7)16(3,4)5)12-15-8-10-17(11-9-15)14(2)18/h12H,1,8-11H2,2-7H3. The number of rotatable bonds is 3. The predicted octanol–water partition coefficient (Wildman–Crippen LogP) is 4.09. The first kappa shape index (κ1) is 17.0. The van der Waals surface area contributed by atoms with Crippen molar-refractivity contribution in [2.45, 2.75) is 58.7 Å². The summed E-state index contributed by atoms with van der Waals surface area (Å²) in [6, 6.07) is 0. The smallest absolute Gasteiger partial charge is 0.250 e. The Balaban J connectivity index is 2.59. The lowest BCUT2D eigenvalue weighted by Gasteiger charge is -2.37. The van der Waals surface area contributed by atoms with Gasteiger partial charge >= 0.3 is 0 Å². The minimum absolute atomic E-state index is 0.167. The van der Waals surface area contributed by atoms with E-state index in [-0.39, 0.29) is 10.9 Å². The van der Waals surface area contributed by atoms with Crippen LogP contribution >= 0.6 is 0 Å². The van der Waals surface area contributed by atoms with Gasteiger partial charge in [0.25, 0.3) is 0 Å². The van der Waals surface area contributed by atoms with E-state index in [1.165, 1.54) is 5.57 Å². The Morgan fingerprint density at radius 3 is 2.20 bits per heavy atom. The maximum Gasteiger partial charge on any atom is 0.250 e. The molecule has 0 atom stereocenters. The summed E-state index contributed by atoms with van der Waals surface area (Å²) in [5, 5.41) is 0.187. The molecular formula is C16H29NO2Si. The van der Waals surface area contributed by atoms with Gasteiger partial charge in [-0.15, -0.1) is 0 Å². The van der Waals surface area contributed by atoms with Crippen LogP contribution in [-0.4, -0.2) is 32.2 Å². The zero-order valence-electron chi connectivity index (χ0n) is 13.9. The van der Waals surface area contributed by atoms with Crippen LogP contribution in [-0.2, 0) is 9.22 Å². The molecule has 0 aromatic rings. The molecule has 1 aliphatic heterocycles. The number of amides is 1. The van der Waals surface area contributed by atoms with Gasteiger partial charge in [-0.2, -0.15) is 0 Å². The maximum atomic E-state index is 11.3. The highest BCUT2D eigenvalue weighted by Gasteiger charge is 2.39. The normalized spacial score (nSPS) is 16.9. The van der Waals surface area contributed by atoms with Gasteiger partial charge < -0.3 is 9.33 Å². The van der Waals surface area contributed by atoms with Crippen molar-refractivity contribution >= 4 is 14.2 Å². The monoisotopic (exact) mass is 295 g/mol. The Hall–Kier alpha value is -1.03. The molecule has 0 aromatic heterocycles. The highest BCUT2D eigenvalue weighted by atomic mass is 28.4. The molecule has 1 aliphatic rings. The molecule has 0 N–H and O–H groups in total. The highest BCUT2D eigenvalue weighted by Crippen LogP contribution is 2.38. The number of likely N-dealkylation sites (tertiary alicyclic amines) is 1. The first-order valence-corrected chi connectivity index (χ1v) is 10.3. The number of piperidine rings is 1. The van der Waals surface area contributed by atoms with Crippen LogP contribution in [0.4, 0.5) is 0 Å². The fraction of sp³-hybridized carbons (Fsp3) is 0.688. The van der Waals surface area contributed by atoms with Crippen LogP contribution in [0.25, 0.3) is 0 Å². The van der Waals surface area contributed by atoms with Crippen molar-refractivity contribution in [3.05, 3.63) is 24.0 Å². The van der Waals surface area contributed by atoms with Gasteiger partial charge in [-0.05, 0) is 37.0 Å². The Kier molecular flexibility index (Phi) is 5.25. The van der Waals surface area contributed by atoms with E-state index in [1.807, 2.05) is 4.90 Å². The summed E-state index contributed by atoms with van der Waals surface area (Å²) < 4.78 is 6.17. The molecule has 4 heteroatoms. The third-order valence-corrected chi connectivity index (χ3v) is 8.79. The summed E-state index contributed by atoms with van der Waals surface area (Å²) in [5.74, 6) is 0.947. The van der Waals surface area contributed by atoms with Gasteiger partial charge in [-0.25, -0.2) is 0 Å². The molecule has 0 saturated carbocycles. The fourth-order valence-electron chi connectivity index (χ4n) is 1.99. The van der Waals surface area contributed by atoms with Crippen LogP contribution in [0, 0.1) is 0 Å². The van der Waals surface area contributed by atoms with Gasteiger partial charge in [-0.3, -0.25) is 4.79 Å². The third-order valence-electron chi connectivity index (χ3n) is 4.41. The van der Waals surface area contributed by atoms with Crippen LogP contribution in [0.2, 0.25) is 18.1 Å². The van der Waals surface area contributed by atoms with Crippen LogP contribution in [0.1, 0.15) is 40.5 Å². The molecule has 1 heterocycles.